The first-order chi connectivity index (χ1) is 17.6. The van der Waals surface area contributed by atoms with E-state index >= 15 is 0 Å². The fraction of sp³-hybridized carbons (Fsp3) is 0.464. The Morgan fingerprint density at radius 2 is 1.67 bits per heavy atom. The summed E-state index contributed by atoms with van der Waals surface area (Å²) in [7, 11) is 0. The van der Waals surface area contributed by atoms with Crippen LogP contribution in [0, 0.1) is 0 Å². The third-order valence-corrected chi connectivity index (χ3v) is 6.81. The van der Waals surface area contributed by atoms with E-state index in [0.717, 1.165) is 24.2 Å². The van der Waals surface area contributed by atoms with Crippen LogP contribution in [0.25, 0.3) is 0 Å². The molecule has 2 aliphatic rings. The minimum absolute atomic E-state index is 0.0176. The highest BCUT2D eigenvalue weighted by atomic mass is 16.5. The molecule has 1 saturated heterocycles. The van der Waals surface area contributed by atoms with Gasteiger partial charge in [0, 0.05) is 44.7 Å². The summed E-state index contributed by atoms with van der Waals surface area (Å²) < 4.78 is 5.82. The number of hydrogen-bond acceptors (Lipinski definition) is 5. The van der Waals surface area contributed by atoms with Crippen LogP contribution in [0.2, 0.25) is 0 Å². The topological polar surface area (TPSA) is 91.0 Å². The number of carbonyl (C=O) groups is 3. The summed E-state index contributed by atoms with van der Waals surface area (Å²) in [6.07, 6.45) is 2.51. The largest absolute Gasteiger partial charge is 0.492 e. The van der Waals surface area contributed by atoms with E-state index in [1.807, 2.05) is 42.5 Å². The SMILES string of the molecule is O=C1CCC(c2ccccc2)CCNC(=O)CN(C(=O)CN2CCOc3ccccc3C2)CCCN1. The molecule has 8 heteroatoms. The molecule has 8 nitrogen and oxygen atoms in total. The van der Waals surface area contributed by atoms with Crippen molar-refractivity contribution >= 4 is 17.7 Å². The van der Waals surface area contributed by atoms with Gasteiger partial charge in [0.2, 0.25) is 17.7 Å². The van der Waals surface area contributed by atoms with Crippen LogP contribution < -0.4 is 15.4 Å². The number of benzene rings is 2. The van der Waals surface area contributed by atoms with Gasteiger partial charge in [-0.2, -0.15) is 0 Å². The number of fused-ring (bicyclic) bond motifs is 1. The van der Waals surface area contributed by atoms with Crippen LogP contribution in [0.15, 0.2) is 54.6 Å². The second-order valence-corrected chi connectivity index (χ2v) is 9.47. The van der Waals surface area contributed by atoms with Gasteiger partial charge in [0.15, 0.2) is 0 Å². The molecule has 2 aliphatic heterocycles. The van der Waals surface area contributed by atoms with Gasteiger partial charge in [-0.3, -0.25) is 19.3 Å². The Morgan fingerprint density at radius 3 is 2.53 bits per heavy atom. The van der Waals surface area contributed by atoms with Gasteiger partial charge >= 0.3 is 0 Å². The molecule has 0 spiro atoms. The summed E-state index contributed by atoms with van der Waals surface area (Å²) in [5.41, 5.74) is 2.23. The standard InChI is InChI=1S/C28H36N4O4/c33-26-12-11-23(22-7-2-1-3-8-22)13-15-30-27(34)20-32(16-6-14-29-26)28(35)21-31-17-18-36-25-10-5-4-9-24(25)19-31/h1-5,7-10,23H,6,11-21H2,(H,29,33)(H,30,34). The third-order valence-electron chi connectivity index (χ3n) is 6.81. The van der Waals surface area contributed by atoms with Crippen molar-refractivity contribution < 1.29 is 19.1 Å². The van der Waals surface area contributed by atoms with E-state index in [0.29, 0.717) is 52.2 Å². The first-order valence-corrected chi connectivity index (χ1v) is 12.9. The van der Waals surface area contributed by atoms with Crippen LogP contribution in [-0.2, 0) is 20.9 Å². The molecule has 2 aromatic carbocycles. The van der Waals surface area contributed by atoms with E-state index in [2.05, 4.69) is 27.7 Å². The molecule has 1 unspecified atom stereocenters. The Bertz CT molecular complexity index is 1030. The highest BCUT2D eigenvalue weighted by molar-refractivity contribution is 5.85. The molecule has 2 N–H and O–H groups in total. The summed E-state index contributed by atoms with van der Waals surface area (Å²) in [6, 6.07) is 18.0. The Balaban J connectivity index is 1.37. The molecule has 0 bridgehead atoms. The maximum absolute atomic E-state index is 13.3. The van der Waals surface area contributed by atoms with Gasteiger partial charge in [0.05, 0.1) is 13.1 Å². The normalized spacial score (nSPS) is 20.7. The highest BCUT2D eigenvalue weighted by Crippen LogP contribution is 2.25. The summed E-state index contributed by atoms with van der Waals surface area (Å²) in [5.74, 6) is 0.824. The summed E-state index contributed by atoms with van der Waals surface area (Å²) in [4.78, 5) is 42.1. The van der Waals surface area contributed by atoms with Gasteiger partial charge in [-0.1, -0.05) is 48.5 Å². The molecule has 2 aromatic rings. The monoisotopic (exact) mass is 492 g/mol. The Kier molecular flexibility index (Phi) is 9.33. The van der Waals surface area contributed by atoms with Gasteiger partial charge in [0.25, 0.3) is 0 Å². The summed E-state index contributed by atoms with van der Waals surface area (Å²) in [5, 5.41) is 5.97. The van der Waals surface area contributed by atoms with Crippen LogP contribution in [0.1, 0.15) is 42.7 Å². The Labute approximate surface area is 213 Å². The van der Waals surface area contributed by atoms with Crippen LogP contribution in [0.3, 0.4) is 0 Å². The van der Waals surface area contributed by atoms with Crippen molar-refractivity contribution in [2.75, 3.05) is 45.9 Å². The lowest BCUT2D eigenvalue weighted by molar-refractivity contribution is -0.137. The molecule has 0 aromatic heterocycles. The molecule has 0 aliphatic carbocycles. The van der Waals surface area contributed by atoms with Crippen molar-refractivity contribution in [3.05, 3.63) is 65.7 Å². The summed E-state index contributed by atoms with van der Waals surface area (Å²) in [6.45, 7) is 3.40. The molecule has 36 heavy (non-hydrogen) atoms. The van der Waals surface area contributed by atoms with Crippen molar-refractivity contribution in [2.45, 2.75) is 38.1 Å². The maximum Gasteiger partial charge on any atom is 0.239 e. The molecule has 4 rings (SSSR count). The molecular weight excluding hydrogens is 456 g/mol. The molecule has 0 radical (unpaired) electrons. The number of rotatable bonds is 3. The van der Waals surface area contributed by atoms with Crippen molar-refractivity contribution in [2.24, 2.45) is 0 Å². The minimum Gasteiger partial charge on any atom is -0.492 e. The smallest absolute Gasteiger partial charge is 0.239 e. The average molecular weight is 493 g/mol. The van der Waals surface area contributed by atoms with E-state index in [1.54, 1.807) is 4.90 Å². The van der Waals surface area contributed by atoms with Crippen molar-refractivity contribution in [3.8, 4) is 5.75 Å². The van der Waals surface area contributed by atoms with Crippen molar-refractivity contribution in [1.29, 1.82) is 0 Å². The van der Waals surface area contributed by atoms with E-state index in [1.165, 1.54) is 5.56 Å². The zero-order valence-electron chi connectivity index (χ0n) is 20.8. The van der Waals surface area contributed by atoms with Crippen molar-refractivity contribution in [3.63, 3.8) is 0 Å². The fourth-order valence-corrected chi connectivity index (χ4v) is 4.81. The molecule has 192 valence electrons. The van der Waals surface area contributed by atoms with Crippen LogP contribution in [0.4, 0.5) is 0 Å². The predicted octanol–water partition coefficient (Wildman–Crippen LogP) is 2.30. The number of ether oxygens (including phenoxy) is 1. The molecule has 3 amide bonds. The number of hydrogen-bond donors (Lipinski definition) is 2. The number of para-hydroxylation sites is 1. The fourth-order valence-electron chi connectivity index (χ4n) is 4.81. The number of amides is 3. The quantitative estimate of drug-likeness (QED) is 0.686. The third kappa shape index (κ3) is 7.55. The zero-order chi connectivity index (χ0) is 25.2. The minimum atomic E-state index is -0.152. The maximum atomic E-state index is 13.3. The highest BCUT2D eigenvalue weighted by Gasteiger charge is 2.23. The molecule has 1 atom stereocenters. The van der Waals surface area contributed by atoms with Crippen LogP contribution in [0.5, 0.6) is 5.75 Å². The zero-order valence-corrected chi connectivity index (χ0v) is 20.8. The molecule has 2 heterocycles. The number of nitrogens with zero attached hydrogens (tertiary/aromatic N) is 2. The molecular formula is C28H36N4O4. The van der Waals surface area contributed by atoms with Gasteiger partial charge in [-0.05, 0) is 36.8 Å². The van der Waals surface area contributed by atoms with Gasteiger partial charge in [-0.15, -0.1) is 0 Å². The van der Waals surface area contributed by atoms with Crippen LogP contribution in [-0.4, -0.2) is 73.4 Å². The van der Waals surface area contributed by atoms with Crippen LogP contribution >= 0.6 is 0 Å². The van der Waals surface area contributed by atoms with E-state index < -0.39 is 0 Å². The van der Waals surface area contributed by atoms with Crippen molar-refractivity contribution in [1.82, 2.24) is 20.4 Å². The second kappa shape index (κ2) is 13.1. The van der Waals surface area contributed by atoms with E-state index in [9.17, 15) is 14.4 Å². The Morgan fingerprint density at radius 1 is 0.889 bits per heavy atom. The molecule has 0 saturated carbocycles. The van der Waals surface area contributed by atoms with Gasteiger partial charge in [0.1, 0.15) is 12.4 Å². The Hall–Kier alpha value is -3.39. The lowest BCUT2D eigenvalue weighted by atomic mass is 9.91. The van der Waals surface area contributed by atoms with E-state index in [4.69, 9.17) is 4.74 Å². The average Bonchev–Trinajstić information content (AvgIpc) is 3.09. The number of carbonyl (C=O) groups excluding carboxylic acids is 3. The lowest BCUT2D eigenvalue weighted by Crippen LogP contribution is -2.46. The first kappa shape index (κ1) is 25.7. The van der Waals surface area contributed by atoms with Gasteiger partial charge in [-0.25, -0.2) is 0 Å². The molecule has 1 fully saturated rings. The number of nitrogens with one attached hydrogen (secondary N) is 2. The summed E-state index contributed by atoms with van der Waals surface area (Å²) >= 11 is 0. The lowest BCUT2D eigenvalue weighted by Gasteiger charge is -2.27. The predicted molar refractivity (Wildman–Crippen MR) is 137 cm³/mol. The second-order valence-electron chi connectivity index (χ2n) is 9.47. The first-order valence-electron chi connectivity index (χ1n) is 12.9. The van der Waals surface area contributed by atoms with E-state index in [-0.39, 0.29) is 36.7 Å². The van der Waals surface area contributed by atoms with Gasteiger partial charge < -0.3 is 20.3 Å².